The second kappa shape index (κ2) is 11.4. The van der Waals surface area contributed by atoms with Crippen LogP contribution in [0.5, 0.6) is 0 Å². The van der Waals surface area contributed by atoms with Gasteiger partial charge in [-0.2, -0.15) is 18.2 Å². The molecule has 39 heavy (non-hydrogen) atoms. The fourth-order valence-corrected chi connectivity index (χ4v) is 5.07. The van der Waals surface area contributed by atoms with E-state index in [1.807, 2.05) is 11.9 Å². The first-order valence-corrected chi connectivity index (χ1v) is 13.5. The lowest BCUT2D eigenvalue weighted by Crippen LogP contribution is -2.49. The van der Waals surface area contributed by atoms with E-state index in [4.69, 9.17) is 0 Å². The summed E-state index contributed by atoms with van der Waals surface area (Å²) in [6.45, 7) is 2.97. The van der Waals surface area contributed by atoms with Crippen LogP contribution in [0.1, 0.15) is 54.4 Å². The smallest absolute Gasteiger partial charge is 0.365 e. The molecule has 9 nitrogen and oxygen atoms in total. The second-order valence-electron chi connectivity index (χ2n) is 10.7. The summed E-state index contributed by atoms with van der Waals surface area (Å²) in [7, 11) is 2.02. The minimum absolute atomic E-state index is 0.00183. The number of amides is 2. The van der Waals surface area contributed by atoms with E-state index >= 15 is 0 Å². The number of benzene rings is 1. The van der Waals surface area contributed by atoms with Gasteiger partial charge in [0.25, 0.3) is 5.91 Å². The summed E-state index contributed by atoms with van der Waals surface area (Å²) in [5, 5.41) is 8.96. The highest BCUT2D eigenvalue weighted by Gasteiger charge is 2.38. The molecule has 2 aliphatic carbocycles. The SMILES string of the molecule is CN1CCN(C(=O)c2ccc(Nc3ncc(C(F)(F)F)c(N[C@@H]4CCCC[C@@H]4NC(=O)C4CC4)n3)cc2)CC1. The van der Waals surface area contributed by atoms with E-state index in [0.29, 0.717) is 37.2 Å². The third-order valence-electron chi connectivity index (χ3n) is 7.64. The van der Waals surface area contributed by atoms with E-state index < -0.39 is 11.7 Å². The van der Waals surface area contributed by atoms with Gasteiger partial charge in [0, 0.05) is 61.6 Å². The van der Waals surface area contributed by atoms with Gasteiger partial charge in [0.15, 0.2) is 0 Å². The van der Waals surface area contributed by atoms with Crippen molar-refractivity contribution < 1.29 is 22.8 Å². The van der Waals surface area contributed by atoms with Crippen LogP contribution in [-0.2, 0) is 11.0 Å². The van der Waals surface area contributed by atoms with Gasteiger partial charge >= 0.3 is 6.18 Å². The van der Waals surface area contributed by atoms with Gasteiger partial charge < -0.3 is 25.8 Å². The van der Waals surface area contributed by atoms with E-state index in [9.17, 15) is 22.8 Å². The Morgan fingerprint density at radius 1 is 0.949 bits per heavy atom. The average Bonchev–Trinajstić information content (AvgIpc) is 3.76. The number of anilines is 3. The molecule has 12 heteroatoms. The Labute approximate surface area is 225 Å². The molecule has 0 spiro atoms. The van der Waals surface area contributed by atoms with Crippen LogP contribution in [0, 0.1) is 5.92 Å². The van der Waals surface area contributed by atoms with Gasteiger partial charge in [-0.3, -0.25) is 9.59 Å². The first kappa shape index (κ1) is 27.2. The number of nitrogens with one attached hydrogen (secondary N) is 3. The summed E-state index contributed by atoms with van der Waals surface area (Å²) in [5.74, 6) is -0.374. The van der Waals surface area contributed by atoms with E-state index in [2.05, 4.69) is 30.8 Å². The quantitative estimate of drug-likeness (QED) is 0.485. The maximum absolute atomic E-state index is 13.8. The monoisotopic (exact) mass is 545 g/mol. The minimum atomic E-state index is -4.65. The fraction of sp³-hybridized carbons (Fsp3) is 0.556. The number of nitrogens with zero attached hydrogens (tertiary/aromatic N) is 4. The zero-order valence-corrected chi connectivity index (χ0v) is 21.9. The molecule has 1 aliphatic heterocycles. The molecule has 1 aromatic heterocycles. The first-order chi connectivity index (χ1) is 18.7. The van der Waals surface area contributed by atoms with E-state index in [1.54, 1.807) is 24.3 Å². The molecule has 0 bridgehead atoms. The van der Waals surface area contributed by atoms with Crippen LogP contribution in [0.3, 0.4) is 0 Å². The fourth-order valence-electron chi connectivity index (χ4n) is 5.07. The Hall–Kier alpha value is -3.41. The van der Waals surface area contributed by atoms with Crippen molar-refractivity contribution in [3.8, 4) is 0 Å². The van der Waals surface area contributed by atoms with Crippen molar-refractivity contribution in [1.82, 2.24) is 25.1 Å². The molecule has 2 amide bonds. The van der Waals surface area contributed by atoms with E-state index in [0.717, 1.165) is 45.0 Å². The lowest BCUT2D eigenvalue weighted by atomic mass is 9.90. The Kier molecular flexibility index (Phi) is 7.92. The second-order valence-corrected chi connectivity index (χ2v) is 10.7. The molecule has 2 saturated carbocycles. The number of carbonyl (C=O) groups excluding carboxylic acids is 2. The maximum Gasteiger partial charge on any atom is 0.421 e. The van der Waals surface area contributed by atoms with Gasteiger partial charge in [0.05, 0.1) is 0 Å². The topological polar surface area (TPSA) is 102 Å². The Morgan fingerprint density at radius 3 is 2.26 bits per heavy atom. The van der Waals surface area contributed by atoms with Crippen LogP contribution in [0.25, 0.3) is 0 Å². The van der Waals surface area contributed by atoms with E-state index in [-0.39, 0.29) is 41.6 Å². The normalized spacial score (nSPS) is 22.3. The van der Waals surface area contributed by atoms with Crippen molar-refractivity contribution in [2.75, 3.05) is 43.9 Å². The van der Waals surface area contributed by atoms with Crippen LogP contribution >= 0.6 is 0 Å². The lowest BCUT2D eigenvalue weighted by molar-refractivity contribution is -0.137. The zero-order chi connectivity index (χ0) is 27.6. The molecule has 0 radical (unpaired) electrons. The summed E-state index contributed by atoms with van der Waals surface area (Å²) in [6, 6.07) is 6.10. The van der Waals surface area contributed by atoms with E-state index in [1.165, 1.54) is 0 Å². The maximum atomic E-state index is 13.8. The lowest BCUT2D eigenvalue weighted by Gasteiger charge is -2.33. The van der Waals surface area contributed by atoms with Gasteiger partial charge in [-0.1, -0.05) is 12.8 Å². The largest absolute Gasteiger partial charge is 0.421 e. The predicted octanol–water partition coefficient (Wildman–Crippen LogP) is 3.88. The molecule has 2 aromatic rings. The molecular weight excluding hydrogens is 511 g/mol. The summed E-state index contributed by atoms with van der Waals surface area (Å²) < 4.78 is 41.5. The highest BCUT2D eigenvalue weighted by atomic mass is 19.4. The number of rotatable bonds is 7. The number of aromatic nitrogens is 2. The highest BCUT2D eigenvalue weighted by molar-refractivity contribution is 5.94. The summed E-state index contributed by atoms with van der Waals surface area (Å²) >= 11 is 0. The number of piperazine rings is 1. The molecular formula is C27H34F3N7O2. The molecule has 2 atom stereocenters. The summed E-state index contributed by atoms with van der Waals surface area (Å²) in [6.07, 6.45) is 0.933. The number of carbonyl (C=O) groups is 2. The molecule has 1 saturated heterocycles. The number of likely N-dealkylation sites (N-methyl/N-ethyl adjacent to an activating group) is 1. The van der Waals surface area contributed by atoms with Crippen molar-refractivity contribution in [1.29, 1.82) is 0 Å². The van der Waals surface area contributed by atoms with Crippen molar-refractivity contribution in [3.05, 3.63) is 41.6 Å². The predicted molar refractivity (Wildman–Crippen MR) is 141 cm³/mol. The van der Waals surface area contributed by atoms with Crippen LogP contribution in [0.4, 0.5) is 30.6 Å². The molecule has 3 fully saturated rings. The minimum Gasteiger partial charge on any atom is -0.365 e. The van der Waals surface area contributed by atoms with Crippen LogP contribution in [0.15, 0.2) is 30.5 Å². The Balaban J connectivity index is 1.29. The molecule has 210 valence electrons. The number of hydrogen-bond donors (Lipinski definition) is 3. The van der Waals surface area contributed by atoms with Crippen molar-refractivity contribution in [3.63, 3.8) is 0 Å². The van der Waals surface area contributed by atoms with Crippen LogP contribution in [0.2, 0.25) is 0 Å². The Bertz CT molecular complexity index is 1180. The van der Waals surface area contributed by atoms with Gasteiger partial charge in [-0.25, -0.2) is 4.98 Å². The van der Waals surface area contributed by atoms with Crippen molar-refractivity contribution in [2.45, 2.75) is 56.8 Å². The third kappa shape index (κ3) is 6.78. The number of hydrogen-bond acceptors (Lipinski definition) is 7. The van der Waals surface area contributed by atoms with Crippen molar-refractivity contribution >= 4 is 29.3 Å². The number of halogens is 3. The zero-order valence-electron chi connectivity index (χ0n) is 21.9. The number of alkyl halides is 3. The standard InChI is InChI=1S/C27H34F3N7O2/c1-36-12-14-37(15-13-36)25(39)18-8-10-19(11-9-18)32-26-31-16-20(27(28,29)30)23(35-26)33-21-4-2-3-5-22(21)34-24(38)17-6-7-17/h8-11,16-17,21-22H,2-7,12-15H2,1H3,(H,34,38)(H2,31,32,33,35)/t21-,22+/m1/s1. The summed E-state index contributed by atoms with van der Waals surface area (Å²) in [5.41, 5.74) is 0.124. The molecule has 5 rings (SSSR count). The van der Waals surface area contributed by atoms with Gasteiger partial charge in [-0.15, -0.1) is 0 Å². The van der Waals surface area contributed by atoms with Crippen LogP contribution in [-0.4, -0.2) is 76.9 Å². The highest BCUT2D eigenvalue weighted by Crippen LogP contribution is 2.36. The average molecular weight is 546 g/mol. The van der Waals surface area contributed by atoms with Crippen LogP contribution < -0.4 is 16.0 Å². The molecule has 3 aliphatic rings. The molecule has 0 unspecified atom stereocenters. The molecule has 3 N–H and O–H groups in total. The first-order valence-electron chi connectivity index (χ1n) is 13.5. The Morgan fingerprint density at radius 2 is 1.62 bits per heavy atom. The van der Waals surface area contributed by atoms with Gasteiger partial charge in [0.2, 0.25) is 11.9 Å². The van der Waals surface area contributed by atoms with Crippen molar-refractivity contribution in [2.24, 2.45) is 5.92 Å². The molecule has 2 heterocycles. The van der Waals surface area contributed by atoms with Gasteiger partial charge in [0.1, 0.15) is 11.4 Å². The third-order valence-corrected chi connectivity index (χ3v) is 7.64. The summed E-state index contributed by atoms with van der Waals surface area (Å²) in [4.78, 5) is 37.2. The molecule has 1 aromatic carbocycles. The van der Waals surface area contributed by atoms with Gasteiger partial charge in [-0.05, 0) is 57.0 Å².